The summed E-state index contributed by atoms with van der Waals surface area (Å²) in [5.74, 6) is 0.862. The van der Waals surface area contributed by atoms with Gasteiger partial charge in [-0.25, -0.2) is 0 Å². The maximum Gasteiger partial charge on any atom is 0.0957 e. The molecule has 1 aromatic carbocycles. The zero-order chi connectivity index (χ0) is 13.3. The minimum atomic E-state index is 0.0811. The van der Waals surface area contributed by atoms with Gasteiger partial charge in [-0.2, -0.15) is 0 Å². The molecule has 0 amide bonds. The molecule has 3 heteroatoms. The van der Waals surface area contributed by atoms with Gasteiger partial charge in [0.1, 0.15) is 0 Å². The summed E-state index contributed by atoms with van der Waals surface area (Å²) in [6.07, 6.45) is 5.19. The second kappa shape index (κ2) is 5.55. The molecule has 2 fully saturated rings. The number of rotatable bonds is 1. The molecule has 104 valence electrons. The predicted molar refractivity (Wildman–Crippen MR) is 81.2 cm³/mol. The van der Waals surface area contributed by atoms with Crippen LogP contribution in [0.5, 0.6) is 0 Å². The van der Waals surface area contributed by atoms with Crippen molar-refractivity contribution in [1.29, 1.82) is 0 Å². The van der Waals surface area contributed by atoms with Crippen LogP contribution in [0.15, 0.2) is 28.7 Å². The monoisotopic (exact) mass is 323 g/mol. The molecule has 0 radical (unpaired) electrons. The Bertz CT molecular complexity index is 440. The van der Waals surface area contributed by atoms with Gasteiger partial charge in [0.25, 0.3) is 0 Å². The van der Waals surface area contributed by atoms with E-state index < -0.39 is 0 Å². The smallest absolute Gasteiger partial charge is 0.0957 e. The molecular weight excluding hydrogens is 302 g/mol. The first-order valence-corrected chi connectivity index (χ1v) is 8.10. The van der Waals surface area contributed by atoms with Gasteiger partial charge in [0.15, 0.2) is 0 Å². The summed E-state index contributed by atoms with van der Waals surface area (Å²) in [4.78, 5) is 0. The lowest BCUT2D eigenvalue weighted by Gasteiger charge is -2.45. The highest BCUT2D eigenvalue weighted by Gasteiger charge is 2.40. The molecule has 1 aliphatic heterocycles. The summed E-state index contributed by atoms with van der Waals surface area (Å²) < 4.78 is 7.65. The molecule has 2 aliphatic rings. The Morgan fingerprint density at radius 2 is 2.11 bits per heavy atom. The fourth-order valence-corrected chi connectivity index (χ4v) is 3.71. The maximum atomic E-state index is 6.52. The van der Waals surface area contributed by atoms with Crippen molar-refractivity contribution in [2.75, 3.05) is 13.1 Å². The summed E-state index contributed by atoms with van der Waals surface area (Å²) in [7, 11) is 0. The van der Waals surface area contributed by atoms with Gasteiger partial charge < -0.3 is 10.1 Å². The highest BCUT2D eigenvalue weighted by Crippen LogP contribution is 2.39. The van der Waals surface area contributed by atoms with E-state index in [2.05, 4.69) is 52.4 Å². The van der Waals surface area contributed by atoms with Crippen molar-refractivity contribution in [3.05, 3.63) is 34.3 Å². The van der Waals surface area contributed by atoms with Crippen molar-refractivity contribution < 1.29 is 4.74 Å². The van der Waals surface area contributed by atoms with Crippen molar-refractivity contribution in [3.8, 4) is 0 Å². The SMILES string of the molecule is CC1CCC2(CC1)CNCC(c1cccc(Br)c1)O2. The summed E-state index contributed by atoms with van der Waals surface area (Å²) >= 11 is 3.55. The number of benzene rings is 1. The molecule has 2 nitrogen and oxygen atoms in total. The topological polar surface area (TPSA) is 21.3 Å². The van der Waals surface area contributed by atoms with Crippen molar-refractivity contribution >= 4 is 15.9 Å². The van der Waals surface area contributed by atoms with E-state index in [1.807, 2.05) is 0 Å². The van der Waals surface area contributed by atoms with Crippen LogP contribution in [0.3, 0.4) is 0 Å². The quantitative estimate of drug-likeness (QED) is 0.841. The third-order valence-electron chi connectivity index (χ3n) is 4.58. The largest absolute Gasteiger partial charge is 0.364 e. The zero-order valence-electron chi connectivity index (χ0n) is 11.5. The molecule has 1 atom stereocenters. The van der Waals surface area contributed by atoms with E-state index in [4.69, 9.17) is 4.74 Å². The molecule has 1 unspecified atom stereocenters. The minimum Gasteiger partial charge on any atom is -0.364 e. The molecule has 0 aromatic heterocycles. The average Bonchev–Trinajstić information content (AvgIpc) is 2.43. The molecule has 1 aromatic rings. The molecule has 1 saturated carbocycles. The van der Waals surface area contributed by atoms with Gasteiger partial charge in [-0.05, 0) is 49.3 Å². The standard InChI is InChI=1S/C16H22BrNO/c1-12-5-7-16(8-6-12)11-18-10-15(19-16)13-3-2-4-14(17)9-13/h2-4,9,12,15,18H,5-8,10-11H2,1H3. The van der Waals surface area contributed by atoms with E-state index in [-0.39, 0.29) is 11.7 Å². The fourth-order valence-electron chi connectivity index (χ4n) is 3.29. The number of hydrogen-bond donors (Lipinski definition) is 1. The van der Waals surface area contributed by atoms with Crippen molar-refractivity contribution in [2.45, 2.75) is 44.3 Å². The van der Waals surface area contributed by atoms with Crippen molar-refractivity contribution in [1.82, 2.24) is 5.32 Å². The first-order chi connectivity index (χ1) is 9.17. The summed E-state index contributed by atoms with van der Waals surface area (Å²) in [6.45, 7) is 4.30. The fraction of sp³-hybridized carbons (Fsp3) is 0.625. The molecule has 3 rings (SSSR count). The van der Waals surface area contributed by atoms with Crippen LogP contribution in [-0.2, 0) is 4.74 Å². The maximum absolute atomic E-state index is 6.52. The normalized spacial score (nSPS) is 35.5. The van der Waals surface area contributed by atoms with Crippen LogP contribution in [0.4, 0.5) is 0 Å². The van der Waals surface area contributed by atoms with E-state index in [0.29, 0.717) is 0 Å². The van der Waals surface area contributed by atoms with Crippen LogP contribution in [0.25, 0.3) is 0 Å². The van der Waals surface area contributed by atoms with Crippen LogP contribution in [0.1, 0.15) is 44.3 Å². The first kappa shape index (κ1) is 13.6. The lowest BCUT2D eigenvalue weighted by atomic mass is 9.78. The van der Waals surface area contributed by atoms with Gasteiger partial charge in [-0.3, -0.25) is 0 Å². The molecule has 1 saturated heterocycles. The van der Waals surface area contributed by atoms with Crippen molar-refractivity contribution in [2.24, 2.45) is 5.92 Å². The van der Waals surface area contributed by atoms with E-state index in [1.165, 1.54) is 31.2 Å². The highest BCUT2D eigenvalue weighted by atomic mass is 79.9. The van der Waals surface area contributed by atoms with Gasteiger partial charge in [0.2, 0.25) is 0 Å². The van der Waals surface area contributed by atoms with Crippen LogP contribution in [0.2, 0.25) is 0 Å². The Labute approximate surface area is 124 Å². The molecule has 19 heavy (non-hydrogen) atoms. The zero-order valence-corrected chi connectivity index (χ0v) is 13.1. The van der Waals surface area contributed by atoms with Gasteiger partial charge in [-0.1, -0.05) is 35.0 Å². The second-order valence-corrected chi connectivity index (χ2v) is 7.07. The minimum absolute atomic E-state index is 0.0811. The summed E-state index contributed by atoms with van der Waals surface area (Å²) in [6, 6.07) is 8.50. The number of halogens is 1. The van der Waals surface area contributed by atoms with E-state index in [9.17, 15) is 0 Å². The molecule has 1 spiro atoms. The number of hydrogen-bond acceptors (Lipinski definition) is 2. The Morgan fingerprint density at radius 3 is 2.84 bits per heavy atom. The van der Waals surface area contributed by atoms with E-state index >= 15 is 0 Å². The first-order valence-electron chi connectivity index (χ1n) is 7.31. The van der Waals surface area contributed by atoms with E-state index in [0.717, 1.165) is 23.5 Å². The number of nitrogens with one attached hydrogen (secondary N) is 1. The molecule has 1 heterocycles. The number of ether oxygens (including phenoxy) is 1. The van der Waals surface area contributed by atoms with Gasteiger partial charge in [0.05, 0.1) is 11.7 Å². The predicted octanol–water partition coefficient (Wildman–Crippen LogP) is 4.06. The van der Waals surface area contributed by atoms with Gasteiger partial charge in [0, 0.05) is 17.6 Å². The van der Waals surface area contributed by atoms with Crippen molar-refractivity contribution in [3.63, 3.8) is 0 Å². The summed E-state index contributed by atoms with van der Waals surface area (Å²) in [5, 5.41) is 3.59. The lowest BCUT2D eigenvalue weighted by Crippen LogP contribution is -2.52. The average molecular weight is 324 g/mol. The Balaban J connectivity index is 1.74. The van der Waals surface area contributed by atoms with Crippen LogP contribution < -0.4 is 5.32 Å². The third kappa shape index (κ3) is 3.04. The lowest BCUT2D eigenvalue weighted by molar-refractivity contribution is -0.140. The molecular formula is C16H22BrNO. The Hall–Kier alpha value is -0.380. The van der Waals surface area contributed by atoms with Crippen LogP contribution in [0, 0.1) is 5.92 Å². The van der Waals surface area contributed by atoms with Gasteiger partial charge in [-0.15, -0.1) is 0 Å². The molecule has 1 N–H and O–H groups in total. The molecule has 1 aliphatic carbocycles. The highest BCUT2D eigenvalue weighted by molar-refractivity contribution is 9.10. The summed E-state index contributed by atoms with van der Waals surface area (Å²) in [5.41, 5.74) is 1.36. The van der Waals surface area contributed by atoms with Crippen LogP contribution >= 0.6 is 15.9 Å². The second-order valence-electron chi connectivity index (χ2n) is 6.16. The number of morpholine rings is 1. The van der Waals surface area contributed by atoms with Gasteiger partial charge >= 0.3 is 0 Å². The Kier molecular flexibility index (Phi) is 3.97. The Morgan fingerprint density at radius 1 is 1.32 bits per heavy atom. The van der Waals surface area contributed by atoms with E-state index in [1.54, 1.807) is 0 Å². The molecule has 0 bridgehead atoms. The third-order valence-corrected chi connectivity index (χ3v) is 5.07. The van der Waals surface area contributed by atoms with Crippen LogP contribution in [-0.4, -0.2) is 18.7 Å².